The number of hydrogen-bond acceptors (Lipinski definition) is 16. The summed E-state index contributed by atoms with van der Waals surface area (Å²) in [5, 5.41) is 7.41. The molecular formula is C63H85Cl4F2N7O12S2. The topological polar surface area (TPSA) is 252 Å². The Hall–Kier alpha value is -4.02. The van der Waals surface area contributed by atoms with Crippen molar-refractivity contribution in [2.45, 2.75) is 143 Å². The zero-order valence-corrected chi connectivity index (χ0v) is 55.8. The van der Waals surface area contributed by atoms with Crippen molar-refractivity contribution in [2.24, 2.45) is 11.5 Å². The van der Waals surface area contributed by atoms with Crippen LogP contribution in [0.15, 0.2) is 58.3 Å². The highest BCUT2D eigenvalue weighted by molar-refractivity contribution is 7.91. The van der Waals surface area contributed by atoms with E-state index < -0.39 is 43.7 Å². The molecule has 2 amide bonds. The van der Waals surface area contributed by atoms with Crippen molar-refractivity contribution in [2.75, 3.05) is 104 Å². The quantitative estimate of drug-likeness (QED) is 0.0269. The van der Waals surface area contributed by atoms with Crippen LogP contribution in [-0.4, -0.2) is 167 Å². The van der Waals surface area contributed by atoms with Crippen molar-refractivity contribution >= 4 is 78.1 Å². The van der Waals surface area contributed by atoms with Crippen LogP contribution in [0.3, 0.4) is 0 Å². The van der Waals surface area contributed by atoms with Gasteiger partial charge < -0.3 is 50.5 Å². The van der Waals surface area contributed by atoms with Gasteiger partial charge in [0.05, 0.1) is 67.3 Å². The number of halogens is 6. The molecule has 0 bridgehead atoms. The predicted octanol–water partition coefficient (Wildman–Crippen LogP) is 9.55. The molecule has 2 fully saturated rings. The van der Waals surface area contributed by atoms with E-state index >= 15 is 8.78 Å². The number of benzene rings is 4. The molecule has 7 N–H and O–H groups in total. The zero-order valence-electron chi connectivity index (χ0n) is 51.1. The molecule has 19 nitrogen and oxygen atoms in total. The number of nitrogens with one attached hydrogen (secondary N) is 3. The van der Waals surface area contributed by atoms with Crippen LogP contribution in [0, 0.1) is 25.5 Å². The van der Waals surface area contributed by atoms with Crippen molar-refractivity contribution in [1.82, 2.24) is 25.2 Å². The third kappa shape index (κ3) is 20.3. The van der Waals surface area contributed by atoms with Crippen molar-refractivity contribution < 1.29 is 63.6 Å². The number of nitrogens with two attached hydrogens (primary N) is 2. The monoisotopic (exact) mass is 1370 g/mol. The smallest absolute Gasteiger partial charge is 0.314 e. The summed E-state index contributed by atoms with van der Waals surface area (Å²) in [6.45, 7) is 8.55. The molecule has 6 atom stereocenters. The second-order valence-corrected chi connectivity index (χ2v) is 29.1. The Morgan fingerprint density at radius 2 is 1.06 bits per heavy atom. The van der Waals surface area contributed by atoms with Crippen molar-refractivity contribution in [3.8, 4) is 11.5 Å². The van der Waals surface area contributed by atoms with Crippen LogP contribution < -0.4 is 36.3 Å². The average Bonchev–Trinajstić information content (AvgIpc) is 1.65. The molecule has 90 heavy (non-hydrogen) atoms. The number of rotatable bonds is 35. The van der Waals surface area contributed by atoms with Gasteiger partial charge in [-0.2, -0.15) is 0 Å². The third-order valence-electron chi connectivity index (χ3n) is 16.7. The van der Waals surface area contributed by atoms with Crippen LogP contribution in [0.5, 0.6) is 11.5 Å². The molecule has 0 radical (unpaired) electrons. The first-order valence-electron chi connectivity index (χ1n) is 31.0. The van der Waals surface area contributed by atoms with Crippen LogP contribution in [0.4, 0.5) is 13.6 Å². The van der Waals surface area contributed by atoms with Crippen LogP contribution in [-0.2, 0) is 56.4 Å². The van der Waals surface area contributed by atoms with Crippen LogP contribution >= 0.6 is 46.4 Å². The normalized spacial score (nSPS) is 20.5. The maximum absolute atomic E-state index is 15.9. The second-order valence-electron chi connectivity index (χ2n) is 23.6. The molecule has 4 aromatic rings. The molecule has 2 heterocycles. The average molecular weight is 1380 g/mol. The lowest BCUT2D eigenvalue weighted by Crippen LogP contribution is -2.49. The standard InChI is InChI=1S/C63H85Cl4F2N7O12S2/c1-40-28-47(34-55(68)59(40)87-61-51-30-42(64)32-53(66)49(51)36-57(61)75-17-6-10-44(70)38-75)89(79,80)27-9-20-84-24-25-85-21-15-73-63(78)72-14-5-3-4-12-46(77)13-8-19-83-23-26-86-22-16-74-90(81,82)48-29-41(2)60(56(69)35-48)88-62-52-31-43(65)33-54(67)50(52)37-58(62)76-18-7-11-45(71)39-76/h28-35,44-45,57-58,61-62,74H,3-27,36-39,70-71H2,1-2H3,(H2,72,73,78)/t44-,45-,57+,58+,61+,62+/m1/s1. The van der Waals surface area contributed by atoms with E-state index in [0.717, 1.165) is 79.6 Å². The molecule has 4 aromatic carbocycles. The number of likely N-dealkylation sites (tertiary alicyclic amines) is 2. The van der Waals surface area contributed by atoms with Gasteiger partial charge in [0.2, 0.25) is 10.0 Å². The highest BCUT2D eigenvalue weighted by atomic mass is 35.5. The molecule has 0 aromatic heterocycles. The summed E-state index contributed by atoms with van der Waals surface area (Å²) in [5.74, 6) is -1.80. The number of nitrogens with zero attached hydrogens (tertiary/aromatic N) is 2. The number of Topliss-reactive ketones (excluding diaryl/α,β-unsaturated/α-hetero) is 1. The lowest BCUT2D eigenvalue weighted by atomic mass is 10.0. The molecule has 2 saturated heterocycles. The number of sulfonamides is 1. The summed E-state index contributed by atoms with van der Waals surface area (Å²) in [6, 6.07) is 11.1. The van der Waals surface area contributed by atoms with Gasteiger partial charge in [0, 0.05) is 102 Å². The molecule has 0 saturated carbocycles. The minimum absolute atomic E-state index is 0.00499. The number of fused-ring (bicyclic) bond motifs is 2. The Labute approximate surface area is 548 Å². The summed E-state index contributed by atoms with van der Waals surface area (Å²) < 4.78 is 122. The molecule has 2 aliphatic heterocycles. The van der Waals surface area contributed by atoms with E-state index in [1.54, 1.807) is 38.1 Å². The maximum atomic E-state index is 15.9. The van der Waals surface area contributed by atoms with E-state index in [4.69, 9.17) is 86.3 Å². The first-order chi connectivity index (χ1) is 43.1. The number of urea groups is 1. The maximum Gasteiger partial charge on any atom is 0.314 e. The van der Waals surface area contributed by atoms with E-state index in [1.807, 2.05) is 0 Å². The number of amides is 2. The Bertz CT molecular complexity index is 3060. The molecule has 8 rings (SSSR count). The van der Waals surface area contributed by atoms with E-state index in [0.29, 0.717) is 102 Å². The zero-order chi connectivity index (χ0) is 64.5. The van der Waals surface area contributed by atoms with Gasteiger partial charge in [0.25, 0.3) is 0 Å². The summed E-state index contributed by atoms with van der Waals surface area (Å²) in [5.41, 5.74) is 16.6. The number of hydrogen-bond donors (Lipinski definition) is 5. The number of ether oxygens (including phenoxy) is 6. The lowest BCUT2D eigenvalue weighted by molar-refractivity contribution is -0.119. The molecule has 0 spiro atoms. The Morgan fingerprint density at radius 3 is 1.59 bits per heavy atom. The van der Waals surface area contributed by atoms with Crippen molar-refractivity contribution in [1.29, 1.82) is 0 Å². The number of carbonyl (C=O) groups is 2. The summed E-state index contributed by atoms with van der Waals surface area (Å²) >= 11 is 26.0. The predicted molar refractivity (Wildman–Crippen MR) is 344 cm³/mol. The number of aryl methyl sites for hydroxylation is 2. The highest BCUT2D eigenvalue weighted by Crippen LogP contribution is 2.46. The second kappa shape index (κ2) is 34.4. The fraction of sp³-hybridized carbons (Fsp3) is 0.587. The van der Waals surface area contributed by atoms with E-state index in [1.165, 1.54) is 12.1 Å². The van der Waals surface area contributed by atoms with Crippen molar-refractivity contribution in [3.63, 3.8) is 0 Å². The van der Waals surface area contributed by atoms with Crippen LogP contribution in [0.25, 0.3) is 0 Å². The Kier molecular flexibility index (Phi) is 27.5. The number of sulfone groups is 1. The van der Waals surface area contributed by atoms with Gasteiger partial charge in [-0.05, 0) is 162 Å². The van der Waals surface area contributed by atoms with Gasteiger partial charge in [-0.15, -0.1) is 0 Å². The van der Waals surface area contributed by atoms with E-state index in [9.17, 15) is 26.4 Å². The summed E-state index contributed by atoms with van der Waals surface area (Å²) in [6.07, 6.45) is 7.34. The number of piperidine rings is 2. The SMILES string of the molecule is Cc1cc(S(=O)(=O)CCCOCCOCCNC(=O)NCCCCCC(=O)CCCOCCOCCNS(=O)(=O)c2cc(C)c(O[C@H]3c4cc(Cl)cc(Cl)c4C[C@@H]3N3CCC[C@@H](N)C3)c(F)c2)cc(F)c1O[C@H]1c2cc(Cl)cc(Cl)c2C[C@@H]1N1CCC[C@@H](N)C1. The van der Waals surface area contributed by atoms with Crippen molar-refractivity contribution in [3.05, 3.63) is 114 Å². The van der Waals surface area contributed by atoms with Gasteiger partial charge in [-0.25, -0.2) is 35.1 Å². The van der Waals surface area contributed by atoms with Gasteiger partial charge in [-0.3, -0.25) is 14.6 Å². The Balaban J connectivity index is 0.602. The van der Waals surface area contributed by atoms with E-state index in [2.05, 4.69) is 25.2 Å². The molecule has 27 heteroatoms. The molecule has 498 valence electrons. The fourth-order valence-corrected chi connectivity index (χ4v) is 15.8. The number of carbonyl (C=O) groups excluding carboxylic acids is 2. The van der Waals surface area contributed by atoms with Crippen LogP contribution in [0.1, 0.15) is 116 Å². The van der Waals surface area contributed by atoms with Gasteiger partial charge in [0.1, 0.15) is 18.0 Å². The van der Waals surface area contributed by atoms with Crippen LogP contribution in [0.2, 0.25) is 20.1 Å². The fourth-order valence-electron chi connectivity index (χ4n) is 12.2. The lowest BCUT2D eigenvalue weighted by Gasteiger charge is -2.38. The first kappa shape index (κ1) is 71.8. The van der Waals surface area contributed by atoms with Gasteiger partial charge in [-0.1, -0.05) is 52.8 Å². The highest BCUT2D eigenvalue weighted by Gasteiger charge is 2.43. The van der Waals surface area contributed by atoms with Gasteiger partial charge in [0.15, 0.2) is 33.0 Å². The van der Waals surface area contributed by atoms with E-state index in [-0.39, 0.29) is 129 Å². The van der Waals surface area contributed by atoms with Gasteiger partial charge >= 0.3 is 6.03 Å². The molecule has 4 aliphatic rings. The molecule has 0 unspecified atom stereocenters. The largest absolute Gasteiger partial charge is 0.481 e. The number of ketones is 1. The number of unbranched alkanes of at least 4 members (excludes halogenated alkanes) is 2. The summed E-state index contributed by atoms with van der Waals surface area (Å²) in [7, 11) is -7.94. The molecule has 2 aliphatic carbocycles. The minimum Gasteiger partial charge on any atom is -0.481 e. The minimum atomic E-state index is -4.09. The summed E-state index contributed by atoms with van der Waals surface area (Å²) in [4.78, 5) is 28.7. The Morgan fingerprint density at radius 1 is 0.578 bits per heavy atom. The third-order valence-corrected chi connectivity index (χ3v) is 21.0. The first-order valence-corrected chi connectivity index (χ1v) is 35.7. The molecular weight excluding hydrogens is 1290 g/mol.